The summed E-state index contributed by atoms with van der Waals surface area (Å²) in [6.07, 6.45) is 1.70. The molecule has 0 aliphatic rings. The summed E-state index contributed by atoms with van der Waals surface area (Å²) in [6.45, 7) is 0.949. The van der Waals surface area contributed by atoms with Gasteiger partial charge in [-0.15, -0.1) is 11.3 Å². The molecule has 23 heavy (non-hydrogen) atoms. The van der Waals surface area contributed by atoms with Gasteiger partial charge in [0.1, 0.15) is 5.69 Å². The van der Waals surface area contributed by atoms with E-state index in [0.29, 0.717) is 11.1 Å². The fourth-order valence-corrected chi connectivity index (χ4v) is 3.23. The molecule has 0 aromatic carbocycles. The second-order valence-corrected chi connectivity index (χ2v) is 6.50. The number of carbonyl (C=O) groups excluding carboxylic acids is 1. The average Bonchev–Trinajstić information content (AvgIpc) is 3.15. The maximum atomic E-state index is 13.0. The van der Waals surface area contributed by atoms with Gasteiger partial charge in [-0.1, -0.05) is 6.92 Å². The lowest BCUT2D eigenvalue weighted by Gasteiger charge is -2.29. The van der Waals surface area contributed by atoms with E-state index in [9.17, 15) is 18.7 Å². The molecule has 0 fully saturated rings. The fraction of sp³-hybridized carbons (Fsp3) is 0.467. The normalized spacial score (nSPS) is 12.6. The third-order valence-electron chi connectivity index (χ3n) is 3.58. The molecule has 0 saturated carbocycles. The lowest BCUT2D eigenvalue weighted by atomic mass is 10.1. The van der Waals surface area contributed by atoms with Gasteiger partial charge in [0.15, 0.2) is 0 Å². The number of aliphatic hydroxyl groups excluding tert-OH is 1. The predicted octanol–water partition coefficient (Wildman–Crippen LogP) is 3.06. The van der Waals surface area contributed by atoms with Crippen LogP contribution in [0.15, 0.2) is 24.4 Å². The molecule has 0 spiro atoms. The fourth-order valence-electron chi connectivity index (χ4n) is 2.34. The van der Waals surface area contributed by atoms with Crippen molar-refractivity contribution in [2.75, 3.05) is 6.61 Å². The first-order valence-electron chi connectivity index (χ1n) is 7.26. The molecule has 0 radical (unpaired) electrons. The zero-order valence-electron chi connectivity index (χ0n) is 12.9. The highest BCUT2D eigenvalue weighted by Gasteiger charge is 2.28. The molecular weight excluding hydrogens is 324 g/mol. The van der Waals surface area contributed by atoms with Crippen LogP contribution in [0.5, 0.6) is 0 Å². The van der Waals surface area contributed by atoms with Crippen molar-refractivity contribution >= 4 is 17.2 Å². The number of carbonyl (C=O) groups is 1. The van der Waals surface area contributed by atoms with Gasteiger partial charge < -0.3 is 10.0 Å². The van der Waals surface area contributed by atoms with Crippen LogP contribution >= 0.6 is 11.3 Å². The van der Waals surface area contributed by atoms with Crippen LogP contribution in [0.1, 0.15) is 40.1 Å². The maximum Gasteiger partial charge on any atom is 0.333 e. The van der Waals surface area contributed by atoms with Crippen molar-refractivity contribution < 1.29 is 18.7 Å². The Balaban J connectivity index is 2.32. The Hall–Kier alpha value is -1.80. The lowest BCUT2D eigenvalue weighted by Crippen LogP contribution is -2.42. The number of halogens is 2. The van der Waals surface area contributed by atoms with E-state index in [0.717, 1.165) is 9.75 Å². The highest BCUT2D eigenvalue weighted by atomic mass is 32.1. The van der Waals surface area contributed by atoms with E-state index in [-0.39, 0.29) is 18.8 Å². The van der Waals surface area contributed by atoms with E-state index in [1.54, 1.807) is 0 Å². The zero-order chi connectivity index (χ0) is 17.0. The van der Waals surface area contributed by atoms with Crippen LogP contribution in [0.2, 0.25) is 0 Å². The first-order chi connectivity index (χ1) is 11.0. The maximum absolute atomic E-state index is 13.0. The van der Waals surface area contributed by atoms with Crippen molar-refractivity contribution in [1.29, 1.82) is 0 Å². The van der Waals surface area contributed by atoms with Gasteiger partial charge in [-0.2, -0.15) is 18.6 Å². The molecule has 1 N–H and O–H groups in total. The van der Waals surface area contributed by atoms with Crippen LogP contribution in [0.3, 0.4) is 0 Å². The van der Waals surface area contributed by atoms with Gasteiger partial charge >= 0.3 is 6.55 Å². The molecule has 2 aromatic rings. The monoisotopic (exact) mass is 343 g/mol. The Bertz CT molecular complexity index is 653. The van der Waals surface area contributed by atoms with Crippen LogP contribution in [-0.4, -0.2) is 38.3 Å². The Morgan fingerprint density at radius 3 is 2.70 bits per heavy atom. The Labute approximate surface area is 137 Å². The van der Waals surface area contributed by atoms with Crippen molar-refractivity contribution in [1.82, 2.24) is 14.7 Å². The van der Waals surface area contributed by atoms with Gasteiger partial charge in [0, 0.05) is 16.0 Å². The topological polar surface area (TPSA) is 58.4 Å². The van der Waals surface area contributed by atoms with Crippen LogP contribution < -0.4 is 0 Å². The molecule has 0 aliphatic carbocycles. The Morgan fingerprint density at radius 1 is 1.43 bits per heavy atom. The standard InChI is InChI=1S/C15H19F2N3O2S/c1-3-11(9-21)19(8-12-5-4-10(2)23-12)14(22)13-6-7-18-20(13)15(16)17/h4-7,11,15,21H,3,8-9H2,1-2H3. The number of alkyl halides is 2. The SMILES string of the molecule is CCC(CO)N(Cc1ccc(C)s1)C(=O)c1ccnn1C(F)F. The van der Waals surface area contributed by atoms with Crippen molar-refractivity contribution in [3.05, 3.63) is 39.8 Å². The number of aromatic nitrogens is 2. The van der Waals surface area contributed by atoms with Gasteiger partial charge in [-0.05, 0) is 31.5 Å². The molecule has 8 heteroatoms. The molecule has 0 saturated heterocycles. The van der Waals surface area contributed by atoms with Gasteiger partial charge in [0.25, 0.3) is 5.91 Å². The van der Waals surface area contributed by atoms with Gasteiger partial charge in [0.2, 0.25) is 0 Å². The van der Waals surface area contributed by atoms with Crippen LogP contribution in [0.4, 0.5) is 8.78 Å². The number of rotatable bonds is 7. The number of aryl methyl sites for hydroxylation is 1. The molecule has 0 bridgehead atoms. The van der Waals surface area contributed by atoms with E-state index in [4.69, 9.17) is 0 Å². The highest BCUT2D eigenvalue weighted by Crippen LogP contribution is 2.22. The largest absolute Gasteiger partial charge is 0.394 e. The minimum Gasteiger partial charge on any atom is -0.394 e. The first-order valence-corrected chi connectivity index (χ1v) is 8.08. The summed E-state index contributed by atoms with van der Waals surface area (Å²) in [6, 6.07) is 4.66. The number of hydrogen-bond donors (Lipinski definition) is 1. The van der Waals surface area contributed by atoms with Gasteiger partial charge in [-0.25, -0.2) is 0 Å². The molecule has 126 valence electrons. The van der Waals surface area contributed by atoms with Crippen molar-refractivity contribution in [3.8, 4) is 0 Å². The molecule has 1 atom stereocenters. The number of aliphatic hydroxyl groups is 1. The quantitative estimate of drug-likeness (QED) is 0.840. The number of amides is 1. The van der Waals surface area contributed by atoms with Crippen molar-refractivity contribution in [3.63, 3.8) is 0 Å². The van der Waals surface area contributed by atoms with E-state index in [1.807, 2.05) is 26.0 Å². The average molecular weight is 343 g/mol. The minimum absolute atomic E-state index is 0.180. The summed E-state index contributed by atoms with van der Waals surface area (Å²) in [5.41, 5.74) is -0.180. The number of nitrogens with zero attached hydrogens (tertiary/aromatic N) is 3. The summed E-state index contributed by atoms with van der Waals surface area (Å²) in [7, 11) is 0. The van der Waals surface area contributed by atoms with E-state index in [2.05, 4.69) is 5.10 Å². The molecule has 0 aliphatic heterocycles. The molecule has 2 rings (SSSR count). The van der Waals surface area contributed by atoms with Crippen molar-refractivity contribution in [2.24, 2.45) is 0 Å². The second kappa shape index (κ2) is 7.65. The molecule has 1 amide bonds. The zero-order valence-corrected chi connectivity index (χ0v) is 13.8. The minimum atomic E-state index is -2.89. The molecule has 5 nitrogen and oxygen atoms in total. The molecular formula is C15H19F2N3O2S. The molecule has 2 heterocycles. The van der Waals surface area contributed by atoms with Crippen LogP contribution in [0, 0.1) is 6.92 Å². The van der Waals surface area contributed by atoms with Crippen molar-refractivity contribution in [2.45, 2.75) is 39.4 Å². The molecule has 2 aromatic heterocycles. The summed E-state index contributed by atoms with van der Waals surface area (Å²) >= 11 is 1.53. The lowest BCUT2D eigenvalue weighted by molar-refractivity contribution is 0.0394. The predicted molar refractivity (Wildman–Crippen MR) is 83.6 cm³/mol. The van der Waals surface area contributed by atoms with Crippen LogP contribution in [-0.2, 0) is 6.54 Å². The summed E-state index contributed by atoms with van der Waals surface area (Å²) < 4.78 is 26.3. The van der Waals surface area contributed by atoms with Gasteiger partial charge in [-0.3, -0.25) is 4.79 Å². The molecule has 1 unspecified atom stereocenters. The summed E-state index contributed by atoms with van der Waals surface area (Å²) in [4.78, 5) is 16.2. The van der Waals surface area contributed by atoms with E-state index in [1.165, 1.54) is 28.5 Å². The van der Waals surface area contributed by atoms with Gasteiger partial charge in [0.05, 0.1) is 19.2 Å². The Morgan fingerprint density at radius 2 is 2.17 bits per heavy atom. The van der Waals surface area contributed by atoms with E-state index >= 15 is 0 Å². The number of hydrogen-bond acceptors (Lipinski definition) is 4. The summed E-state index contributed by atoms with van der Waals surface area (Å²) in [5.74, 6) is -0.560. The van der Waals surface area contributed by atoms with Crippen LogP contribution in [0.25, 0.3) is 0 Å². The summed E-state index contributed by atoms with van der Waals surface area (Å²) in [5, 5.41) is 13.0. The highest BCUT2D eigenvalue weighted by molar-refractivity contribution is 7.11. The third-order valence-corrected chi connectivity index (χ3v) is 4.57. The third kappa shape index (κ3) is 3.94. The smallest absolute Gasteiger partial charge is 0.333 e. The first kappa shape index (κ1) is 17.6. The Kier molecular flexibility index (Phi) is 5.84. The second-order valence-electron chi connectivity index (χ2n) is 5.13. The number of thiophene rings is 1. The van der Waals surface area contributed by atoms with E-state index < -0.39 is 18.5 Å².